The standard InChI is InChI=1S/C20H14Cl2F3N3OS/c1-11-3-2-4-12(7-11)10-30-19-26-9-16(22)17(28-19)18(29)27-13-5-6-15(21)14(8-13)20(23,24)25/h2-9H,10H2,1H3,(H,27,29). The zero-order chi connectivity index (χ0) is 21.9. The number of aryl methyl sites for hydroxylation is 1. The third-order valence-corrected chi connectivity index (χ3v) is 5.46. The van der Waals surface area contributed by atoms with Gasteiger partial charge in [-0.05, 0) is 30.7 Å². The number of carbonyl (C=O) groups excluding carboxylic acids is 1. The smallest absolute Gasteiger partial charge is 0.321 e. The molecule has 0 aliphatic rings. The molecule has 0 saturated heterocycles. The molecule has 0 unspecified atom stereocenters. The summed E-state index contributed by atoms with van der Waals surface area (Å²) in [6, 6.07) is 11.0. The number of nitrogens with zero attached hydrogens (tertiary/aromatic N) is 2. The van der Waals surface area contributed by atoms with Crippen molar-refractivity contribution in [3.63, 3.8) is 0 Å². The second-order valence-corrected chi connectivity index (χ2v) is 8.03. The highest BCUT2D eigenvalue weighted by molar-refractivity contribution is 7.98. The lowest BCUT2D eigenvalue weighted by Crippen LogP contribution is -2.16. The summed E-state index contributed by atoms with van der Waals surface area (Å²) in [7, 11) is 0. The van der Waals surface area contributed by atoms with Crippen LogP contribution in [0, 0.1) is 6.92 Å². The minimum atomic E-state index is -4.65. The molecule has 0 saturated carbocycles. The largest absolute Gasteiger partial charge is 0.417 e. The van der Waals surface area contributed by atoms with Crippen LogP contribution < -0.4 is 5.32 Å². The number of benzene rings is 2. The highest BCUT2D eigenvalue weighted by Gasteiger charge is 2.33. The Morgan fingerprint density at radius 3 is 2.60 bits per heavy atom. The Morgan fingerprint density at radius 2 is 1.90 bits per heavy atom. The molecule has 1 heterocycles. The summed E-state index contributed by atoms with van der Waals surface area (Å²) in [6.07, 6.45) is -3.37. The van der Waals surface area contributed by atoms with E-state index in [1.165, 1.54) is 24.0 Å². The van der Waals surface area contributed by atoms with E-state index in [2.05, 4.69) is 15.3 Å². The van der Waals surface area contributed by atoms with E-state index in [-0.39, 0.29) is 16.4 Å². The highest BCUT2D eigenvalue weighted by Crippen LogP contribution is 2.36. The predicted octanol–water partition coefficient (Wildman–Crippen LogP) is 6.66. The number of alkyl halides is 3. The monoisotopic (exact) mass is 471 g/mol. The van der Waals surface area contributed by atoms with E-state index < -0.39 is 22.7 Å². The van der Waals surface area contributed by atoms with Gasteiger partial charge in [-0.3, -0.25) is 4.79 Å². The van der Waals surface area contributed by atoms with Gasteiger partial charge in [-0.1, -0.05) is 64.8 Å². The molecule has 1 N–H and O–H groups in total. The van der Waals surface area contributed by atoms with Crippen LogP contribution >= 0.6 is 35.0 Å². The molecule has 4 nitrogen and oxygen atoms in total. The highest BCUT2D eigenvalue weighted by atomic mass is 35.5. The zero-order valence-corrected chi connectivity index (χ0v) is 17.8. The van der Waals surface area contributed by atoms with Gasteiger partial charge in [-0.2, -0.15) is 13.2 Å². The van der Waals surface area contributed by atoms with Crippen molar-refractivity contribution >= 4 is 46.6 Å². The van der Waals surface area contributed by atoms with Gasteiger partial charge in [0, 0.05) is 11.4 Å². The first kappa shape index (κ1) is 22.4. The Kier molecular flexibility index (Phi) is 6.90. The van der Waals surface area contributed by atoms with Crippen molar-refractivity contribution in [1.82, 2.24) is 9.97 Å². The lowest BCUT2D eigenvalue weighted by atomic mass is 10.2. The molecule has 3 rings (SSSR count). The Labute approximate surface area is 184 Å². The van der Waals surface area contributed by atoms with Crippen LogP contribution in [0.2, 0.25) is 10.0 Å². The van der Waals surface area contributed by atoms with Crippen molar-refractivity contribution in [2.24, 2.45) is 0 Å². The summed E-state index contributed by atoms with van der Waals surface area (Å²) in [5.41, 5.74) is 0.907. The quantitative estimate of drug-likeness (QED) is 0.334. The van der Waals surface area contributed by atoms with E-state index in [9.17, 15) is 18.0 Å². The Bertz CT molecular complexity index is 1090. The fourth-order valence-corrected chi connectivity index (χ4v) is 3.70. The number of halogens is 5. The van der Waals surface area contributed by atoms with Gasteiger partial charge in [0.05, 0.1) is 21.8 Å². The van der Waals surface area contributed by atoms with Crippen LogP contribution in [-0.4, -0.2) is 15.9 Å². The first-order valence-corrected chi connectivity index (χ1v) is 10.3. The third kappa shape index (κ3) is 5.65. The second kappa shape index (κ2) is 9.24. The first-order chi connectivity index (χ1) is 14.1. The number of hydrogen-bond acceptors (Lipinski definition) is 4. The minimum Gasteiger partial charge on any atom is -0.321 e. The summed E-state index contributed by atoms with van der Waals surface area (Å²) < 4.78 is 39.0. The number of thioether (sulfide) groups is 1. The lowest BCUT2D eigenvalue weighted by Gasteiger charge is -2.12. The van der Waals surface area contributed by atoms with Gasteiger partial charge in [-0.25, -0.2) is 9.97 Å². The normalized spacial score (nSPS) is 11.4. The molecule has 1 aromatic heterocycles. The number of carbonyl (C=O) groups is 1. The first-order valence-electron chi connectivity index (χ1n) is 8.52. The average Bonchev–Trinajstić information content (AvgIpc) is 2.68. The Morgan fingerprint density at radius 1 is 1.13 bits per heavy atom. The number of nitrogens with one attached hydrogen (secondary N) is 1. The van der Waals surface area contributed by atoms with E-state index in [0.29, 0.717) is 10.9 Å². The Hall–Kier alpha value is -2.29. The predicted molar refractivity (Wildman–Crippen MR) is 112 cm³/mol. The molecule has 156 valence electrons. The van der Waals surface area contributed by atoms with E-state index >= 15 is 0 Å². The van der Waals surface area contributed by atoms with Crippen LogP contribution in [-0.2, 0) is 11.9 Å². The zero-order valence-electron chi connectivity index (χ0n) is 15.4. The van der Waals surface area contributed by atoms with Crippen LogP contribution in [0.1, 0.15) is 27.2 Å². The molecule has 0 fully saturated rings. The van der Waals surface area contributed by atoms with Gasteiger partial charge < -0.3 is 5.32 Å². The molecule has 2 aromatic carbocycles. The van der Waals surface area contributed by atoms with Gasteiger partial charge in [0.25, 0.3) is 5.91 Å². The van der Waals surface area contributed by atoms with Crippen LogP contribution in [0.4, 0.5) is 18.9 Å². The average molecular weight is 472 g/mol. The number of hydrogen-bond donors (Lipinski definition) is 1. The number of anilines is 1. The van der Waals surface area contributed by atoms with E-state index in [0.717, 1.165) is 23.3 Å². The van der Waals surface area contributed by atoms with Gasteiger partial charge in [0.1, 0.15) is 0 Å². The molecular formula is C20H14Cl2F3N3OS. The fraction of sp³-hybridized carbons (Fsp3) is 0.150. The van der Waals surface area contributed by atoms with Crippen molar-refractivity contribution in [3.05, 3.63) is 81.1 Å². The molecule has 3 aromatic rings. The van der Waals surface area contributed by atoms with Gasteiger partial charge >= 0.3 is 6.18 Å². The van der Waals surface area contributed by atoms with Crippen molar-refractivity contribution in [2.75, 3.05) is 5.32 Å². The fourth-order valence-electron chi connectivity index (χ4n) is 2.54. The molecule has 1 amide bonds. The van der Waals surface area contributed by atoms with Crippen molar-refractivity contribution in [1.29, 1.82) is 0 Å². The van der Waals surface area contributed by atoms with E-state index in [1.54, 1.807) is 0 Å². The van der Waals surface area contributed by atoms with Crippen LogP contribution in [0.15, 0.2) is 53.8 Å². The summed E-state index contributed by atoms with van der Waals surface area (Å²) in [5, 5.41) is 2.20. The van der Waals surface area contributed by atoms with Crippen molar-refractivity contribution in [2.45, 2.75) is 24.0 Å². The molecule has 10 heteroatoms. The third-order valence-electron chi connectivity index (χ3n) is 3.92. The van der Waals surface area contributed by atoms with E-state index in [4.69, 9.17) is 23.2 Å². The summed E-state index contributed by atoms with van der Waals surface area (Å²) in [6.45, 7) is 1.98. The molecule has 0 spiro atoms. The maximum atomic E-state index is 13.0. The maximum Gasteiger partial charge on any atom is 0.417 e. The topological polar surface area (TPSA) is 54.9 Å². The number of amides is 1. The summed E-state index contributed by atoms with van der Waals surface area (Å²) >= 11 is 12.9. The van der Waals surface area contributed by atoms with Crippen LogP contribution in [0.3, 0.4) is 0 Å². The number of rotatable bonds is 5. The van der Waals surface area contributed by atoms with E-state index in [1.807, 2.05) is 31.2 Å². The molecule has 0 aliphatic heterocycles. The molecule has 0 atom stereocenters. The lowest BCUT2D eigenvalue weighted by molar-refractivity contribution is -0.137. The minimum absolute atomic E-state index is 0.0163. The number of aromatic nitrogens is 2. The maximum absolute atomic E-state index is 13.0. The Balaban J connectivity index is 1.77. The molecule has 0 bridgehead atoms. The molecule has 30 heavy (non-hydrogen) atoms. The van der Waals surface area contributed by atoms with Gasteiger partial charge in [0.2, 0.25) is 0 Å². The van der Waals surface area contributed by atoms with Crippen molar-refractivity contribution < 1.29 is 18.0 Å². The van der Waals surface area contributed by atoms with Gasteiger partial charge in [-0.15, -0.1) is 0 Å². The van der Waals surface area contributed by atoms with Crippen LogP contribution in [0.5, 0.6) is 0 Å². The second-order valence-electron chi connectivity index (χ2n) is 6.27. The van der Waals surface area contributed by atoms with Crippen LogP contribution in [0.25, 0.3) is 0 Å². The molecule has 0 aliphatic carbocycles. The van der Waals surface area contributed by atoms with Crippen molar-refractivity contribution in [3.8, 4) is 0 Å². The summed E-state index contributed by atoms with van der Waals surface area (Å²) in [4.78, 5) is 20.8. The molecular weight excluding hydrogens is 458 g/mol. The van der Waals surface area contributed by atoms with Gasteiger partial charge in [0.15, 0.2) is 10.9 Å². The summed E-state index contributed by atoms with van der Waals surface area (Å²) in [5.74, 6) is -0.175. The molecule has 0 radical (unpaired) electrons. The SMILES string of the molecule is Cc1cccc(CSc2ncc(Cl)c(C(=O)Nc3ccc(Cl)c(C(F)(F)F)c3)n2)c1.